The molecule has 80 valence electrons. The number of rotatable bonds is 0. The van der Waals surface area contributed by atoms with Crippen LogP contribution in [-0.4, -0.2) is 14.5 Å². The standard InChI is InChI=1S/C12H17N3/c1-8-6-9(2)14-11-10(8)13-7-15(11)12(3,4)5/h6-7H,1-5H3. The molecule has 3 heteroatoms. The average Bonchev–Trinajstić information content (AvgIpc) is 2.45. The second-order valence-electron chi connectivity index (χ2n) is 5.04. The Balaban J connectivity index is 2.80. The van der Waals surface area contributed by atoms with Crippen molar-refractivity contribution in [2.75, 3.05) is 0 Å². The van der Waals surface area contributed by atoms with Crippen LogP contribution in [0.15, 0.2) is 12.4 Å². The summed E-state index contributed by atoms with van der Waals surface area (Å²) >= 11 is 0. The molecule has 3 nitrogen and oxygen atoms in total. The molecule has 2 rings (SSSR count). The summed E-state index contributed by atoms with van der Waals surface area (Å²) in [7, 11) is 0. The molecule has 0 bridgehead atoms. The van der Waals surface area contributed by atoms with Crippen molar-refractivity contribution in [1.29, 1.82) is 0 Å². The fraction of sp³-hybridized carbons (Fsp3) is 0.500. The van der Waals surface area contributed by atoms with E-state index in [0.717, 1.165) is 16.9 Å². The largest absolute Gasteiger partial charge is 0.310 e. The van der Waals surface area contributed by atoms with Crippen LogP contribution in [0.2, 0.25) is 0 Å². The lowest BCUT2D eigenvalue weighted by molar-refractivity contribution is 0.406. The van der Waals surface area contributed by atoms with Gasteiger partial charge in [0.1, 0.15) is 5.52 Å². The number of hydrogen-bond donors (Lipinski definition) is 0. The van der Waals surface area contributed by atoms with Gasteiger partial charge in [0, 0.05) is 11.2 Å². The van der Waals surface area contributed by atoms with E-state index in [2.05, 4.69) is 48.3 Å². The van der Waals surface area contributed by atoms with Crippen LogP contribution in [0, 0.1) is 13.8 Å². The maximum Gasteiger partial charge on any atom is 0.160 e. The SMILES string of the molecule is Cc1cc(C)c2ncn(C(C)(C)C)c2n1. The summed E-state index contributed by atoms with van der Waals surface area (Å²) in [5.41, 5.74) is 4.27. The summed E-state index contributed by atoms with van der Waals surface area (Å²) < 4.78 is 2.13. The van der Waals surface area contributed by atoms with Crippen molar-refractivity contribution in [3.63, 3.8) is 0 Å². The molecule has 0 unspecified atom stereocenters. The van der Waals surface area contributed by atoms with Crippen molar-refractivity contribution in [3.05, 3.63) is 23.7 Å². The van der Waals surface area contributed by atoms with Gasteiger partial charge in [-0.1, -0.05) is 0 Å². The Morgan fingerprint density at radius 3 is 2.47 bits per heavy atom. The monoisotopic (exact) mass is 203 g/mol. The number of aromatic nitrogens is 3. The van der Waals surface area contributed by atoms with Crippen LogP contribution >= 0.6 is 0 Å². The molecular weight excluding hydrogens is 186 g/mol. The molecule has 2 aromatic rings. The number of hydrogen-bond acceptors (Lipinski definition) is 2. The Labute approximate surface area is 90.2 Å². The minimum atomic E-state index is 0.0297. The van der Waals surface area contributed by atoms with Gasteiger partial charge in [0.15, 0.2) is 5.65 Å². The molecule has 0 radical (unpaired) electrons. The highest BCUT2D eigenvalue weighted by Gasteiger charge is 2.17. The molecule has 0 aliphatic rings. The van der Waals surface area contributed by atoms with Gasteiger partial charge in [-0.15, -0.1) is 0 Å². The molecule has 15 heavy (non-hydrogen) atoms. The molecule has 2 aromatic heterocycles. The summed E-state index contributed by atoms with van der Waals surface area (Å²) in [6, 6.07) is 2.07. The molecule has 0 aliphatic carbocycles. The van der Waals surface area contributed by atoms with Gasteiger partial charge in [0.2, 0.25) is 0 Å². The van der Waals surface area contributed by atoms with Crippen LogP contribution in [0.5, 0.6) is 0 Å². The second kappa shape index (κ2) is 3.05. The minimum Gasteiger partial charge on any atom is -0.310 e. The van der Waals surface area contributed by atoms with Crippen molar-refractivity contribution >= 4 is 11.2 Å². The molecule has 0 fully saturated rings. The van der Waals surface area contributed by atoms with Gasteiger partial charge in [-0.25, -0.2) is 9.97 Å². The maximum absolute atomic E-state index is 4.56. The zero-order valence-electron chi connectivity index (χ0n) is 10.00. The van der Waals surface area contributed by atoms with Crippen LogP contribution < -0.4 is 0 Å². The van der Waals surface area contributed by atoms with Gasteiger partial charge in [-0.05, 0) is 46.2 Å². The van der Waals surface area contributed by atoms with Crippen LogP contribution in [-0.2, 0) is 5.54 Å². The third-order valence-electron chi connectivity index (χ3n) is 2.55. The molecular formula is C12H17N3. The summed E-state index contributed by atoms with van der Waals surface area (Å²) in [5.74, 6) is 0. The van der Waals surface area contributed by atoms with Crippen LogP contribution in [0.3, 0.4) is 0 Å². The number of fused-ring (bicyclic) bond motifs is 1. The normalized spacial score (nSPS) is 12.3. The van der Waals surface area contributed by atoms with E-state index in [1.807, 2.05) is 13.3 Å². The molecule has 0 N–H and O–H groups in total. The Bertz CT molecular complexity index is 503. The highest BCUT2D eigenvalue weighted by atomic mass is 15.1. The Morgan fingerprint density at radius 2 is 1.87 bits per heavy atom. The van der Waals surface area contributed by atoms with E-state index in [1.165, 1.54) is 5.56 Å². The van der Waals surface area contributed by atoms with Crippen molar-refractivity contribution in [2.24, 2.45) is 0 Å². The van der Waals surface area contributed by atoms with Crippen molar-refractivity contribution in [2.45, 2.75) is 40.2 Å². The number of imidazole rings is 1. The van der Waals surface area contributed by atoms with Crippen LogP contribution in [0.4, 0.5) is 0 Å². The Kier molecular flexibility index (Phi) is 2.07. The van der Waals surface area contributed by atoms with Crippen molar-refractivity contribution in [3.8, 4) is 0 Å². The lowest BCUT2D eigenvalue weighted by atomic mass is 10.1. The van der Waals surface area contributed by atoms with E-state index < -0.39 is 0 Å². The van der Waals surface area contributed by atoms with E-state index in [1.54, 1.807) is 0 Å². The molecule has 0 amide bonds. The summed E-state index contributed by atoms with van der Waals surface area (Å²) in [6.07, 6.45) is 1.88. The van der Waals surface area contributed by atoms with Gasteiger partial charge < -0.3 is 4.57 Å². The Hall–Kier alpha value is -1.38. The van der Waals surface area contributed by atoms with Gasteiger partial charge in [0.25, 0.3) is 0 Å². The van der Waals surface area contributed by atoms with Crippen LogP contribution in [0.25, 0.3) is 11.2 Å². The molecule has 0 saturated heterocycles. The van der Waals surface area contributed by atoms with Gasteiger partial charge in [-0.3, -0.25) is 0 Å². The van der Waals surface area contributed by atoms with Gasteiger partial charge in [-0.2, -0.15) is 0 Å². The predicted octanol–water partition coefficient (Wildman–Crippen LogP) is 2.80. The topological polar surface area (TPSA) is 30.7 Å². The fourth-order valence-electron chi connectivity index (χ4n) is 1.80. The third-order valence-corrected chi connectivity index (χ3v) is 2.55. The lowest BCUT2D eigenvalue weighted by Gasteiger charge is -2.21. The first-order chi connectivity index (χ1) is 6.89. The summed E-state index contributed by atoms with van der Waals surface area (Å²) in [6.45, 7) is 10.6. The third kappa shape index (κ3) is 1.62. The quantitative estimate of drug-likeness (QED) is 0.659. The summed E-state index contributed by atoms with van der Waals surface area (Å²) in [5, 5.41) is 0. The van der Waals surface area contributed by atoms with Crippen LogP contribution in [0.1, 0.15) is 32.0 Å². The van der Waals surface area contributed by atoms with Gasteiger partial charge >= 0.3 is 0 Å². The first-order valence-electron chi connectivity index (χ1n) is 5.21. The number of aryl methyl sites for hydroxylation is 2. The van der Waals surface area contributed by atoms with E-state index in [9.17, 15) is 0 Å². The van der Waals surface area contributed by atoms with E-state index in [-0.39, 0.29) is 5.54 Å². The minimum absolute atomic E-state index is 0.0297. The maximum atomic E-state index is 4.56. The number of pyridine rings is 1. The zero-order chi connectivity index (χ0) is 11.2. The van der Waals surface area contributed by atoms with E-state index >= 15 is 0 Å². The first-order valence-corrected chi connectivity index (χ1v) is 5.21. The van der Waals surface area contributed by atoms with E-state index in [4.69, 9.17) is 0 Å². The predicted molar refractivity (Wildman–Crippen MR) is 62.0 cm³/mol. The highest BCUT2D eigenvalue weighted by molar-refractivity contribution is 5.75. The highest BCUT2D eigenvalue weighted by Crippen LogP contribution is 2.22. The summed E-state index contributed by atoms with van der Waals surface area (Å²) in [4.78, 5) is 8.99. The van der Waals surface area contributed by atoms with Crippen molar-refractivity contribution < 1.29 is 0 Å². The fourth-order valence-corrected chi connectivity index (χ4v) is 1.80. The number of nitrogens with zero attached hydrogens (tertiary/aromatic N) is 3. The lowest BCUT2D eigenvalue weighted by Crippen LogP contribution is -2.21. The molecule has 0 spiro atoms. The second-order valence-corrected chi connectivity index (χ2v) is 5.04. The molecule has 2 heterocycles. The average molecular weight is 203 g/mol. The molecule has 0 aliphatic heterocycles. The molecule has 0 saturated carbocycles. The molecule has 0 aromatic carbocycles. The smallest absolute Gasteiger partial charge is 0.160 e. The Morgan fingerprint density at radius 1 is 1.20 bits per heavy atom. The van der Waals surface area contributed by atoms with E-state index in [0.29, 0.717) is 0 Å². The molecule has 0 atom stereocenters. The first kappa shape index (κ1) is 10.1. The van der Waals surface area contributed by atoms with Gasteiger partial charge in [0.05, 0.1) is 6.33 Å². The zero-order valence-corrected chi connectivity index (χ0v) is 10.00. The van der Waals surface area contributed by atoms with Crippen molar-refractivity contribution in [1.82, 2.24) is 14.5 Å².